The van der Waals surface area contributed by atoms with Crippen LogP contribution < -0.4 is 0 Å². The molecule has 2 aliphatic heterocycles. The van der Waals surface area contributed by atoms with Gasteiger partial charge in [0.1, 0.15) is 6.61 Å². The van der Waals surface area contributed by atoms with Crippen molar-refractivity contribution in [2.45, 2.75) is 50.4 Å². The van der Waals surface area contributed by atoms with Gasteiger partial charge >= 0.3 is 6.09 Å². The zero-order valence-corrected chi connectivity index (χ0v) is 18.5. The number of rotatable bonds is 4. The molecule has 0 saturated heterocycles. The first kappa shape index (κ1) is 19.7. The number of hydrogen-bond acceptors (Lipinski definition) is 4. The van der Waals surface area contributed by atoms with Gasteiger partial charge in [0.15, 0.2) is 0 Å². The third kappa shape index (κ3) is 3.33. The van der Waals surface area contributed by atoms with Gasteiger partial charge in [-0.05, 0) is 35.6 Å². The molecule has 2 aliphatic rings. The minimum Gasteiger partial charge on any atom is -0.448 e. The Kier molecular flexibility index (Phi) is 5.17. The van der Waals surface area contributed by atoms with Gasteiger partial charge in [0.25, 0.3) is 0 Å². The number of fused-ring (bicyclic) bond motifs is 7. The number of nitrogens with zero attached hydrogens (tertiary/aromatic N) is 1. The predicted octanol–water partition coefficient (Wildman–Crippen LogP) is 6.18. The highest BCUT2D eigenvalue weighted by Gasteiger charge is 2.54. The smallest absolute Gasteiger partial charge is 0.411 e. The fourth-order valence-electron chi connectivity index (χ4n) is 4.43. The summed E-state index contributed by atoms with van der Waals surface area (Å²) in [5, 5.41) is 0. The lowest BCUT2D eigenvalue weighted by molar-refractivity contribution is 0.0534. The van der Waals surface area contributed by atoms with E-state index >= 15 is 0 Å². The minimum atomic E-state index is -0.472. The van der Waals surface area contributed by atoms with Crippen molar-refractivity contribution in [1.82, 2.24) is 4.90 Å². The highest BCUT2D eigenvalue weighted by molar-refractivity contribution is 8.77. The number of amides is 1. The first-order chi connectivity index (χ1) is 13.3. The Labute approximate surface area is 175 Å². The number of ether oxygens (including phenoxy) is 1. The maximum absolute atomic E-state index is 13.2. The summed E-state index contributed by atoms with van der Waals surface area (Å²) >= 11 is 0. The predicted molar refractivity (Wildman–Crippen MR) is 119 cm³/mol. The van der Waals surface area contributed by atoms with Gasteiger partial charge in [-0.3, -0.25) is 4.90 Å². The van der Waals surface area contributed by atoms with Crippen LogP contribution in [0.2, 0.25) is 0 Å². The molecule has 28 heavy (non-hydrogen) atoms. The number of hydrogen-bond donors (Lipinski definition) is 0. The zero-order chi connectivity index (χ0) is 19.9. The molecule has 2 aromatic rings. The molecule has 0 radical (unpaired) electrons. The summed E-state index contributed by atoms with van der Waals surface area (Å²) in [6.07, 6.45) is 0.631. The summed E-state index contributed by atoms with van der Waals surface area (Å²) < 4.78 is 5.95. The topological polar surface area (TPSA) is 29.5 Å². The Morgan fingerprint density at radius 3 is 2.57 bits per heavy atom. The Hall–Kier alpha value is -1.59. The highest BCUT2D eigenvalue weighted by Crippen LogP contribution is 2.55. The summed E-state index contributed by atoms with van der Waals surface area (Å²) in [7, 11) is 3.59. The normalized spacial score (nSPS) is 22.6. The molecule has 0 fully saturated rings. The van der Waals surface area contributed by atoms with Gasteiger partial charge in [0.2, 0.25) is 0 Å². The van der Waals surface area contributed by atoms with Crippen LogP contribution in [-0.2, 0) is 16.7 Å². The van der Waals surface area contributed by atoms with Crippen LogP contribution in [-0.4, -0.2) is 28.1 Å². The summed E-state index contributed by atoms with van der Waals surface area (Å²) in [4.78, 5) is 15.2. The second kappa shape index (κ2) is 7.34. The van der Waals surface area contributed by atoms with E-state index in [0.717, 1.165) is 12.2 Å². The van der Waals surface area contributed by atoms with Crippen LogP contribution in [0.25, 0.3) is 0 Å². The van der Waals surface area contributed by atoms with E-state index < -0.39 is 5.54 Å². The monoisotopic (exact) mass is 413 g/mol. The van der Waals surface area contributed by atoms with Crippen LogP contribution in [0.4, 0.5) is 4.79 Å². The lowest BCUT2D eigenvalue weighted by Gasteiger charge is -2.43. The molecule has 1 amide bonds. The first-order valence-electron chi connectivity index (χ1n) is 9.77. The van der Waals surface area contributed by atoms with E-state index in [1.165, 1.54) is 22.3 Å². The van der Waals surface area contributed by atoms with Crippen LogP contribution in [0.1, 0.15) is 56.0 Å². The average molecular weight is 414 g/mol. The van der Waals surface area contributed by atoms with Crippen LogP contribution in [0, 0.1) is 0 Å². The van der Waals surface area contributed by atoms with Crippen LogP contribution in [0.3, 0.4) is 0 Å². The van der Waals surface area contributed by atoms with Crippen LogP contribution in [0.15, 0.2) is 48.5 Å². The van der Waals surface area contributed by atoms with Gasteiger partial charge in [0.05, 0.1) is 11.6 Å². The maximum atomic E-state index is 13.2. The zero-order valence-electron chi connectivity index (χ0n) is 16.9. The van der Waals surface area contributed by atoms with Gasteiger partial charge in [-0.25, -0.2) is 4.79 Å². The molecule has 2 aromatic carbocycles. The van der Waals surface area contributed by atoms with Crippen LogP contribution in [0.5, 0.6) is 0 Å². The van der Waals surface area contributed by atoms with Gasteiger partial charge in [0, 0.05) is 10.5 Å². The molecule has 2 heterocycles. The summed E-state index contributed by atoms with van der Waals surface area (Å²) in [6.45, 7) is 9.17. The lowest BCUT2D eigenvalue weighted by atomic mass is 9.81. The standard InChI is InChI=1S/C23H27NO2S2/c1-22(2,3)28-27-14-13-26-21(25)24-20-15-16-9-5-7-11-18(16)23(24,4)19-12-8-6-10-17(19)20/h5-12,20H,13-15H2,1-4H3. The third-order valence-electron chi connectivity index (χ3n) is 5.49. The molecule has 3 nitrogen and oxygen atoms in total. The van der Waals surface area contributed by atoms with Crippen molar-refractivity contribution in [1.29, 1.82) is 0 Å². The fourth-order valence-corrected chi connectivity index (χ4v) is 6.53. The molecular formula is C23H27NO2S2. The molecule has 0 spiro atoms. The van der Waals surface area contributed by atoms with E-state index in [1.807, 2.05) is 15.7 Å². The van der Waals surface area contributed by atoms with Gasteiger partial charge in [-0.2, -0.15) is 0 Å². The quantitative estimate of drug-likeness (QED) is 0.442. The largest absolute Gasteiger partial charge is 0.448 e. The van der Waals surface area contributed by atoms with Crippen molar-refractivity contribution < 1.29 is 9.53 Å². The van der Waals surface area contributed by atoms with E-state index in [4.69, 9.17) is 4.74 Å². The number of carbonyl (C=O) groups excluding carboxylic acids is 1. The number of benzene rings is 2. The molecule has 0 N–H and O–H groups in total. The van der Waals surface area contributed by atoms with Crippen molar-refractivity contribution in [2.75, 3.05) is 12.4 Å². The molecule has 2 bridgehead atoms. The molecule has 5 heteroatoms. The first-order valence-corrected chi connectivity index (χ1v) is 12.1. The Morgan fingerprint density at radius 1 is 1.14 bits per heavy atom. The molecular weight excluding hydrogens is 386 g/mol. The van der Waals surface area contributed by atoms with Crippen molar-refractivity contribution in [3.63, 3.8) is 0 Å². The number of carbonyl (C=O) groups is 1. The van der Waals surface area contributed by atoms with E-state index in [-0.39, 0.29) is 16.9 Å². The molecule has 0 aliphatic carbocycles. The van der Waals surface area contributed by atoms with E-state index in [0.29, 0.717) is 6.61 Å². The third-order valence-corrected chi connectivity index (χ3v) is 8.80. The van der Waals surface area contributed by atoms with E-state index in [1.54, 1.807) is 10.8 Å². The van der Waals surface area contributed by atoms with Gasteiger partial charge in [-0.15, -0.1) is 0 Å². The minimum absolute atomic E-state index is 0.0419. The molecule has 0 aromatic heterocycles. The van der Waals surface area contributed by atoms with E-state index in [9.17, 15) is 4.79 Å². The van der Waals surface area contributed by atoms with Gasteiger partial charge < -0.3 is 4.74 Å². The second-order valence-corrected chi connectivity index (χ2v) is 11.8. The molecule has 4 rings (SSSR count). The second-order valence-electron chi connectivity index (χ2n) is 8.54. The van der Waals surface area contributed by atoms with Gasteiger partial charge in [-0.1, -0.05) is 90.9 Å². The summed E-state index contributed by atoms with van der Waals surface area (Å²) in [5.41, 5.74) is 4.54. The lowest BCUT2D eigenvalue weighted by Crippen LogP contribution is -2.49. The molecule has 2 atom stereocenters. The Morgan fingerprint density at radius 2 is 1.82 bits per heavy atom. The SMILES string of the molecule is CC(C)(C)SSCCOC(=O)N1C2Cc3ccccc3C1(C)c1ccccc12. The fraction of sp³-hybridized carbons (Fsp3) is 0.435. The molecule has 0 saturated carbocycles. The highest BCUT2D eigenvalue weighted by atomic mass is 33.1. The molecule has 148 valence electrons. The van der Waals surface area contributed by atoms with Crippen molar-refractivity contribution in [2.24, 2.45) is 0 Å². The maximum Gasteiger partial charge on any atom is 0.411 e. The van der Waals surface area contributed by atoms with Crippen molar-refractivity contribution >= 4 is 27.7 Å². The summed E-state index contributed by atoms with van der Waals surface area (Å²) in [5.74, 6) is 0.798. The van der Waals surface area contributed by atoms with Crippen LogP contribution >= 0.6 is 21.6 Å². The van der Waals surface area contributed by atoms with Crippen molar-refractivity contribution in [3.05, 3.63) is 70.8 Å². The van der Waals surface area contributed by atoms with E-state index in [2.05, 4.69) is 76.2 Å². The molecule has 2 unspecified atom stereocenters. The average Bonchev–Trinajstić information content (AvgIpc) is 2.84. The Bertz CT molecular complexity index is 879. The Balaban J connectivity index is 1.56. The summed E-state index contributed by atoms with van der Waals surface area (Å²) in [6, 6.07) is 17.0. The van der Waals surface area contributed by atoms with Crippen molar-refractivity contribution in [3.8, 4) is 0 Å².